The first-order valence-electron chi connectivity index (χ1n) is 7.34. The fourth-order valence-electron chi connectivity index (χ4n) is 2.52. The van der Waals surface area contributed by atoms with Crippen LogP contribution >= 0.6 is 0 Å². The molecule has 5 heteroatoms. The number of aromatic nitrogens is 2. The summed E-state index contributed by atoms with van der Waals surface area (Å²) in [5.41, 5.74) is 10.6. The summed E-state index contributed by atoms with van der Waals surface area (Å²) < 4.78 is 10.7. The van der Waals surface area contributed by atoms with Crippen LogP contribution in [0.3, 0.4) is 0 Å². The van der Waals surface area contributed by atoms with E-state index in [1.165, 1.54) is 0 Å². The third-order valence-corrected chi connectivity index (χ3v) is 3.78. The SMILES string of the molecule is COc1ccc(Cc2nc3ccc(C)cc3nc2N)c(OC)c1. The molecule has 0 radical (unpaired) electrons. The number of rotatable bonds is 4. The number of methoxy groups -OCH3 is 2. The number of anilines is 1. The lowest BCUT2D eigenvalue weighted by Crippen LogP contribution is -2.04. The summed E-state index contributed by atoms with van der Waals surface area (Å²) in [4.78, 5) is 9.13. The fourth-order valence-corrected chi connectivity index (χ4v) is 2.52. The van der Waals surface area contributed by atoms with Crippen molar-refractivity contribution in [1.82, 2.24) is 9.97 Å². The third-order valence-electron chi connectivity index (χ3n) is 3.78. The number of benzene rings is 2. The molecule has 0 amide bonds. The highest BCUT2D eigenvalue weighted by Gasteiger charge is 2.11. The van der Waals surface area contributed by atoms with Crippen molar-refractivity contribution in [1.29, 1.82) is 0 Å². The number of ether oxygens (including phenoxy) is 2. The molecule has 0 bridgehead atoms. The highest BCUT2D eigenvalue weighted by Crippen LogP contribution is 2.28. The quantitative estimate of drug-likeness (QED) is 0.802. The van der Waals surface area contributed by atoms with E-state index in [2.05, 4.69) is 9.97 Å². The molecule has 1 aromatic heterocycles. The molecule has 0 saturated carbocycles. The molecular formula is C18H19N3O2. The molecular weight excluding hydrogens is 290 g/mol. The summed E-state index contributed by atoms with van der Waals surface area (Å²) in [5.74, 6) is 1.94. The van der Waals surface area contributed by atoms with Gasteiger partial charge in [-0.1, -0.05) is 12.1 Å². The van der Waals surface area contributed by atoms with Gasteiger partial charge in [0.1, 0.15) is 17.3 Å². The normalized spacial score (nSPS) is 10.7. The molecule has 1 heterocycles. The van der Waals surface area contributed by atoms with Crippen LogP contribution in [0.4, 0.5) is 5.82 Å². The van der Waals surface area contributed by atoms with Crippen LogP contribution in [0.5, 0.6) is 11.5 Å². The van der Waals surface area contributed by atoms with Gasteiger partial charge < -0.3 is 15.2 Å². The van der Waals surface area contributed by atoms with Crippen molar-refractivity contribution in [2.75, 3.05) is 20.0 Å². The van der Waals surface area contributed by atoms with E-state index in [0.717, 1.165) is 39.4 Å². The van der Waals surface area contributed by atoms with Crippen molar-refractivity contribution >= 4 is 16.9 Å². The maximum absolute atomic E-state index is 6.09. The summed E-state index contributed by atoms with van der Waals surface area (Å²) in [5, 5.41) is 0. The van der Waals surface area contributed by atoms with E-state index >= 15 is 0 Å². The molecule has 3 aromatic rings. The zero-order chi connectivity index (χ0) is 16.4. The molecule has 0 spiro atoms. The predicted octanol–water partition coefficient (Wildman–Crippen LogP) is 3.13. The summed E-state index contributed by atoms with van der Waals surface area (Å²) in [6.45, 7) is 2.02. The number of nitrogens with two attached hydrogens (primary N) is 1. The number of hydrogen-bond donors (Lipinski definition) is 1. The Hall–Kier alpha value is -2.82. The second-order valence-corrected chi connectivity index (χ2v) is 5.40. The van der Waals surface area contributed by atoms with Gasteiger partial charge in [0, 0.05) is 18.1 Å². The molecule has 0 atom stereocenters. The molecule has 118 valence electrons. The average molecular weight is 309 g/mol. The minimum atomic E-state index is 0.445. The van der Waals surface area contributed by atoms with E-state index in [1.54, 1.807) is 14.2 Å². The smallest absolute Gasteiger partial charge is 0.146 e. The summed E-state index contributed by atoms with van der Waals surface area (Å²) in [7, 11) is 3.26. The van der Waals surface area contributed by atoms with Crippen molar-refractivity contribution in [3.8, 4) is 11.5 Å². The Morgan fingerprint density at radius 3 is 2.52 bits per heavy atom. The number of nitrogens with zero attached hydrogens (tertiary/aromatic N) is 2. The second kappa shape index (κ2) is 6.12. The zero-order valence-corrected chi connectivity index (χ0v) is 13.5. The second-order valence-electron chi connectivity index (χ2n) is 5.40. The summed E-state index contributed by atoms with van der Waals surface area (Å²) in [6, 6.07) is 11.7. The fraction of sp³-hybridized carbons (Fsp3) is 0.222. The molecule has 0 aliphatic carbocycles. The van der Waals surface area contributed by atoms with Crippen LogP contribution in [0.15, 0.2) is 36.4 Å². The first kappa shape index (κ1) is 15.1. The van der Waals surface area contributed by atoms with Crippen molar-refractivity contribution in [3.63, 3.8) is 0 Å². The maximum atomic E-state index is 6.09. The van der Waals surface area contributed by atoms with Crippen LogP contribution in [0, 0.1) is 6.92 Å². The van der Waals surface area contributed by atoms with Gasteiger partial charge in [0.05, 0.1) is 30.9 Å². The lowest BCUT2D eigenvalue weighted by molar-refractivity contribution is 0.391. The average Bonchev–Trinajstić information content (AvgIpc) is 2.56. The van der Waals surface area contributed by atoms with Crippen molar-refractivity contribution in [3.05, 3.63) is 53.2 Å². The number of nitrogen functional groups attached to an aromatic ring is 1. The van der Waals surface area contributed by atoms with Crippen LogP contribution in [-0.4, -0.2) is 24.2 Å². The molecule has 0 fully saturated rings. The van der Waals surface area contributed by atoms with Gasteiger partial charge in [0.2, 0.25) is 0 Å². The van der Waals surface area contributed by atoms with Gasteiger partial charge in [0.25, 0.3) is 0 Å². The minimum Gasteiger partial charge on any atom is -0.497 e. The van der Waals surface area contributed by atoms with Crippen LogP contribution in [0.2, 0.25) is 0 Å². The predicted molar refractivity (Wildman–Crippen MR) is 91.0 cm³/mol. The molecule has 2 N–H and O–H groups in total. The number of aryl methyl sites for hydroxylation is 1. The number of fused-ring (bicyclic) bond motifs is 1. The van der Waals surface area contributed by atoms with Gasteiger partial charge in [-0.15, -0.1) is 0 Å². The van der Waals surface area contributed by atoms with Crippen molar-refractivity contribution < 1.29 is 9.47 Å². The van der Waals surface area contributed by atoms with Crippen LogP contribution < -0.4 is 15.2 Å². The van der Waals surface area contributed by atoms with Gasteiger partial charge in [-0.25, -0.2) is 9.97 Å². The number of hydrogen-bond acceptors (Lipinski definition) is 5. The molecule has 23 heavy (non-hydrogen) atoms. The zero-order valence-electron chi connectivity index (χ0n) is 13.5. The van der Waals surface area contributed by atoms with E-state index in [9.17, 15) is 0 Å². The van der Waals surface area contributed by atoms with E-state index in [4.69, 9.17) is 15.2 Å². The Morgan fingerprint density at radius 1 is 0.957 bits per heavy atom. The molecule has 0 saturated heterocycles. The molecule has 0 aliphatic rings. The lowest BCUT2D eigenvalue weighted by Gasteiger charge is -2.11. The topological polar surface area (TPSA) is 70.3 Å². The van der Waals surface area contributed by atoms with E-state index in [1.807, 2.05) is 43.3 Å². The van der Waals surface area contributed by atoms with E-state index < -0.39 is 0 Å². The Kier molecular flexibility index (Phi) is 4.02. The van der Waals surface area contributed by atoms with Gasteiger partial charge >= 0.3 is 0 Å². The van der Waals surface area contributed by atoms with Crippen LogP contribution in [-0.2, 0) is 6.42 Å². The molecule has 3 rings (SSSR count). The Bertz CT molecular complexity index is 862. The highest BCUT2D eigenvalue weighted by atomic mass is 16.5. The Morgan fingerprint density at radius 2 is 1.78 bits per heavy atom. The van der Waals surface area contributed by atoms with E-state index in [-0.39, 0.29) is 0 Å². The first-order chi connectivity index (χ1) is 11.1. The van der Waals surface area contributed by atoms with Crippen molar-refractivity contribution in [2.24, 2.45) is 0 Å². The summed E-state index contributed by atoms with van der Waals surface area (Å²) in [6.07, 6.45) is 0.551. The van der Waals surface area contributed by atoms with Gasteiger partial charge in [-0.2, -0.15) is 0 Å². The standard InChI is InChI=1S/C18H19N3O2/c1-11-4-7-14-15(8-11)21-18(19)16(20-14)9-12-5-6-13(22-2)10-17(12)23-3/h4-8,10H,9H2,1-3H3,(H2,19,21). The Labute approximate surface area is 135 Å². The molecule has 0 aliphatic heterocycles. The third kappa shape index (κ3) is 3.04. The lowest BCUT2D eigenvalue weighted by atomic mass is 10.1. The van der Waals surface area contributed by atoms with Crippen molar-refractivity contribution in [2.45, 2.75) is 13.3 Å². The molecule has 2 aromatic carbocycles. The molecule has 5 nitrogen and oxygen atoms in total. The van der Waals surface area contributed by atoms with E-state index in [0.29, 0.717) is 12.2 Å². The van der Waals surface area contributed by atoms with Gasteiger partial charge in [-0.05, 0) is 30.7 Å². The highest BCUT2D eigenvalue weighted by molar-refractivity contribution is 5.77. The molecule has 0 unspecified atom stereocenters. The van der Waals surface area contributed by atoms with Gasteiger partial charge in [0.15, 0.2) is 0 Å². The van der Waals surface area contributed by atoms with Crippen LogP contribution in [0.25, 0.3) is 11.0 Å². The monoisotopic (exact) mass is 309 g/mol. The Balaban J connectivity index is 2.01. The maximum Gasteiger partial charge on any atom is 0.146 e. The first-order valence-corrected chi connectivity index (χ1v) is 7.34. The summed E-state index contributed by atoms with van der Waals surface area (Å²) >= 11 is 0. The van der Waals surface area contributed by atoms with Gasteiger partial charge in [-0.3, -0.25) is 0 Å². The largest absolute Gasteiger partial charge is 0.497 e. The minimum absolute atomic E-state index is 0.445. The van der Waals surface area contributed by atoms with Crippen LogP contribution in [0.1, 0.15) is 16.8 Å².